The second-order valence-electron chi connectivity index (χ2n) is 4.64. The fraction of sp³-hybridized carbons (Fsp3) is 0.538. The third-order valence-corrected chi connectivity index (χ3v) is 3.71. The van der Waals surface area contributed by atoms with Crippen molar-refractivity contribution < 1.29 is 9.47 Å². The molecule has 3 rings (SSSR count). The van der Waals surface area contributed by atoms with E-state index in [4.69, 9.17) is 9.47 Å². The van der Waals surface area contributed by atoms with Gasteiger partial charge in [-0.3, -0.25) is 0 Å². The van der Waals surface area contributed by atoms with E-state index in [2.05, 4.69) is 24.4 Å². The lowest BCUT2D eigenvalue weighted by Gasteiger charge is -2.21. The van der Waals surface area contributed by atoms with E-state index in [1.165, 1.54) is 5.56 Å². The fourth-order valence-electron chi connectivity index (χ4n) is 2.58. The van der Waals surface area contributed by atoms with Crippen LogP contribution < -0.4 is 10.1 Å². The molecule has 4 atom stereocenters. The normalized spacial score (nSPS) is 33.2. The average molecular weight is 219 g/mol. The summed E-state index contributed by atoms with van der Waals surface area (Å²) >= 11 is 0. The van der Waals surface area contributed by atoms with Crippen molar-refractivity contribution in [2.75, 3.05) is 13.7 Å². The van der Waals surface area contributed by atoms with Crippen LogP contribution in [0.3, 0.4) is 0 Å². The quantitative estimate of drug-likeness (QED) is 0.783. The lowest BCUT2D eigenvalue weighted by Crippen LogP contribution is -2.33. The SMILES string of the molecule is COc1ccc([C@H](C)[C@@H]2NC[C@H]3O[C@@H]23)cc1. The molecule has 0 bridgehead atoms. The number of hydrogen-bond donors (Lipinski definition) is 1. The molecular weight excluding hydrogens is 202 g/mol. The maximum atomic E-state index is 5.57. The Kier molecular flexibility index (Phi) is 2.37. The molecule has 0 radical (unpaired) electrons. The summed E-state index contributed by atoms with van der Waals surface area (Å²) < 4.78 is 10.7. The van der Waals surface area contributed by atoms with E-state index in [1.54, 1.807) is 7.11 Å². The first-order chi connectivity index (χ1) is 7.79. The summed E-state index contributed by atoms with van der Waals surface area (Å²) in [7, 11) is 1.69. The second kappa shape index (κ2) is 3.75. The topological polar surface area (TPSA) is 33.8 Å². The molecule has 2 heterocycles. The van der Waals surface area contributed by atoms with Crippen molar-refractivity contribution in [3.05, 3.63) is 29.8 Å². The van der Waals surface area contributed by atoms with Gasteiger partial charge in [-0.25, -0.2) is 0 Å². The van der Waals surface area contributed by atoms with Gasteiger partial charge in [0.15, 0.2) is 0 Å². The first-order valence-corrected chi connectivity index (χ1v) is 5.82. The number of ether oxygens (including phenoxy) is 2. The van der Waals surface area contributed by atoms with E-state index in [9.17, 15) is 0 Å². The number of methoxy groups -OCH3 is 1. The lowest BCUT2D eigenvalue weighted by molar-refractivity contribution is 0.273. The number of hydrogen-bond acceptors (Lipinski definition) is 3. The molecule has 0 aromatic heterocycles. The zero-order chi connectivity index (χ0) is 11.1. The van der Waals surface area contributed by atoms with Gasteiger partial charge in [-0.2, -0.15) is 0 Å². The number of benzene rings is 1. The number of fused-ring (bicyclic) bond motifs is 1. The van der Waals surface area contributed by atoms with Crippen LogP contribution in [-0.4, -0.2) is 31.9 Å². The van der Waals surface area contributed by atoms with Crippen LogP contribution in [0.2, 0.25) is 0 Å². The van der Waals surface area contributed by atoms with Crippen molar-refractivity contribution in [2.45, 2.75) is 31.1 Å². The molecule has 1 aromatic rings. The Morgan fingerprint density at radius 1 is 1.38 bits per heavy atom. The highest BCUT2D eigenvalue weighted by atomic mass is 16.6. The van der Waals surface area contributed by atoms with E-state index in [0.717, 1.165) is 12.3 Å². The molecule has 2 fully saturated rings. The highest BCUT2D eigenvalue weighted by molar-refractivity contribution is 5.31. The molecule has 0 unspecified atom stereocenters. The Morgan fingerprint density at radius 2 is 2.12 bits per heavy atom. The third kappa shape index (κ3) is 1.60. The van der Waals surface area contributed by atoms with Crippen LogP contribution in [0.5, 0.6) is 5.75 Å². The molecule has 1 aromatic carbocycles. The van der Waals surface area contributed by atoms with Crippen LogP contribution in [0, 0.1) is 0 Å². The van der Waals surface area contributed by atoms with E-state index in [1.807, 2.05) is 12.1 Å². The van der Waals surface area contributed by atoms with Crippen molar-refractivity contribution in [1.82, 2.24) is 5.32 Å². The molecule has 0 amide bonds. The first kappa shape index (κ1) is 10.1. The van der Waals surface area contributed by atoms with Crippen molar-refractivity contribution in [1.29, 1.82) is 0 Å². The summed E-state index contributed by atoms with van der Waals surface area (Å²) in [5.41, 5.74) is 1.34. The molecule has 0 aliphatic carbocycles. The average Bonchev–Trinajstić information content (AvgIpc) is 3.00. The number of nitrogens with one attached hydrogen (secondary N) is 1. The molecular formula is C13H17NO2. The van der Waals surface area contributed by atoms with Gasteiger partial charge in [-0.05, 0) is 23.6 Å². The zero-order valence-electron chi connectivity index (χ0n) is 9.64. The minimum absolute atomic E-state index is 0.442. The fourth-order valence-corrected chi connectivity index (χ4v) is 2.58. The Labute approximate surface area is 95.8 Å². The van der Waals surface area contributed by atoms with Gasteiger partial charge in [0.25, 0.3) is 0 Å². The van der Waals surface area contributed by atoms with Gasteiger partial charge in [0.1, 0.15) is 11.9 Å². The highest BCUT2D eigenvalue weighted by Crippen LogP contribution is 2.37. The molecule has 86 valence electrons. The Morgan fingerprint density at radius 3 is 2.62 bits per heavy atom. The van der Waals surface area contributed by atoms with Gasteiger partial charge in [0.2, 0.25) is 0 Å². The molecule has 0 saturated carbocycles. The third-order valence-electron chi connectivity index (χ3n) is 3.71. The van der Waals surface area contributed by atoms with Gasteiger partial charge in [0.05, 0.1) is 13.2 Å². The van der Waals surface area contributed by atoms with Crippen LogP contribution in [0.4, 0.5) is 0 Å². The van der Waals surface area contributed by atoms with Crippen LogP contribution in [0.15, 0.2) is 24.3 Å². The monoisotopic (exact) mass is 219 g/mol. The van der Waals surface area contributed by atoms with Crippen LogP contribution in [-0.2, 0) is 4.74 Å². The molecule has 3 nitrogen and oxygen atoms in total. The molecule has 0 spiro atoms. The molecule has 16 heavy (non-hydrogen) atoms. The van der Waals surface area contributed by atoms with Crippen molar-refractivity contribution in [3.63, 3.8) is 0 Å². The minimum Gasteiger partial charge on any atom is -0.497 e. The number of epoxide rings is 1. The summed E-state index contributed by atoms with van der Waals surface area (Å²) in [5.74, 6) is 1.40. The van der Waals surface area contributed by atoms with E-state index >= 15 is 0 Å². The Bertz CT molecular complexity index is 376. The predicted molar refractivity (Wildman–Crippen MR) is 61.9 cm³/mol. The van der Waals surface area contributed by atoms with E-state index in [0.29, 0.717) is 24.2 Å². The summed E-state index contributed by atoms with van der Waals surface area (Å²) in [6, 6.07) is 8.79. The smallest absolute Gasteiger partial charge is 0.118 e. The molecule has 2 saturated heterocycles. The second-order valence-corrected chi connectivity index (χ2v) is 4.64. The van der Waals surface area contributed by atoms with Crippen LogP contribution in [0.1, 0.15) is 18.4 Å². The van der Waals surface area contributed by atoms with Gasteiger partial charge in [0, 0.05) is 12.6 Å². The van der Waals surface area contributed by atoms with Crippen molar-refractivity contribution in [3.8, 4) is 5.75 Å². The minimum atomic E-state index is 0.442. The van der Waals surface area contributed by atoms with Crippen LogP contribution >= 0.6 is 0 Å². The van der Waals surface area contributed by atoms with Gasteiger partial charge in [-0.15, -0.1) is 0 Å². The molecule has 2 aliphatic heterocycles. The van der Waals surface area contributed by atoms with Crippen LogP contribution in [0.25, 0.3) is 0 Å². The van der Waals surface area contributed by atoms with Crippen molar-refractivity contribution in [2.24, 2.45) is 0 Å². The number of morpholine rings is 1. The maximum absolute atomic E-state index is 5.57. The van der Waals surface area contributed by atoms with Gasteiger partial charge in [-0.1, -0.05) is 19.1 Å². The predicted octanol–water partition coefficient (Wildman–Crippen LogP) is 1.54. The standard InChI is InChI=1S/C13H17NO2/c1-8(12-13-11(16-13)7-14-12)9-3-5-10(15-2)6-4-9/h3-6,8,11-14H,7H2,1-2H3/t8-,11+,12-,13+/m0/s1. The molecule has 3 heteroatoms. The Balaban J connectivity index is 1.75. The van der Waals surface area contributed by atoms with Crippen molar-refractivity contribution >= 4 is 0 Å². The molecule has 2 aliphatic rings. The van der Waals surface area contributed by atoms with E-state index in [-0.39, 0.29) is 0 Å². The highest BCUT2D eigenvalue weighted by Gasteiger charge is 2.51. The van der Waals surface area contributed by atoms with Gasteiger partial charge < -0.3 is 14.8 Å². The lowest BCUT2D eigenvalue weighted by atomic mass is 9.92. The maximum Gasteiger partial charge on any atom is 0.118 e. The first-order valence-electron chi connectivity index (χ1n) is 5.82. The Hall–Kier alpha value is -1.06. The zero-order valence-corrected chi connectivity index (χ0v) is 9.64. The summed E-state index contributed by atoms with van der Waals surface area (Å²) in [5, 5.41) is 3.53. The van der Waals surface area contributed by atoms with Gasteiger partial charge >= 0.3 is 0 Å². The largest absolute Gasteiger partial charge is 0.497 e. The summed E-state index contributed by atoms with van der Waals surface area (Å²) in [4.78, 5) is 0. The molecule has 1 N–H and O–H groups in total. The van der Waals surface area contributed by atoms with E-state index < -0.39 is 0 Å². The summed E-state index contributed by atoms with van der Waals surface area (Å²) in [6.07, 6.45) is 0.919. The number of rotatable bonds is 3. The summed E-state index contributed by atoms with van der Waals surface area (Å²) in [6.45, 7) is 3.26.